The van der Waals surface area contributed by atoms with Crippen molar-refractivity contribution in [3.8, 4) is 0 Å². The first-order chi connectivity index (χ1) is 19.3. The van der Waals surface area contributed by atoms with Crippen molar-refractivity contribution in [3.05, 3.63) is 94.8 Å². The zero-order valence-corrected chi connectivity index (χ0v) is 22.9. The number of hydrogen-bond donors (Lipinski definition) is 4. The fourth-order valence-corrected chi connectivity index (χ4v) is 5.20. The van der Waals surface area contributed by atoms with Crippen molar-refractivity contribution in [1.82, 2.24) is 19.8 Å². The molecule has 1 aliphatic heterocycles. The molecule has 9 heteroatoms. The molecule has 5 N–H and O–H groups in total. The van der Waals surface area contributed by atoms with E-state index in [1.54, 1.807) is 0 Å². The van der Waals surface area contributed by atoms with E-state index in [2.05, 4.69) is 15.2 Å². The van der Waals surface area contributed by atoms with E-state index in [0.29, 0.717) is 37.1 Å². The van der Waals surface area contributed by atoms with Gasteiger partial charge in [-0.3, -0.25) is 10.2 Å². The fraction of sp³-hybridized carbons (Fsp3) is 0.290. The van der Waals surface area contributed by atoms with E-state index in [4.69, 9.17) is 16.1 Å². The lowest BCUT2D eigenvalue weighted by atomic mass is 10.0. The van der Waals surface area contributed by atoms with Crippen molar-refractivity contribution >= 4 is 34.5 Å². The maximum Gasteiger partial charge on any atom is 0.319 e. The molecule has 0 saturated carbocycles. The zero-order chi connectivity index (χ0) is 28.2. The summed E-state index contributed by atoms with van der Waals surface area (Å²) < 4.78 is 2.08. The zero-order valence-electron chi connectivity index (χ0n) is 22.9. The number of carbonyl (C=O) groups is 2. The molecule has 9 nitrogen and oxygen atoms in total. The molecule has 206 valence electrons. The van der Waals surface area contributed by atoms with Crippen LogP contribution in [0.2, 0.25) is 0 Å². The molecule has 4 aromatic rings. The normalized spacial score (nSPS) is 13.8. The number of aromatic nitrogens is 2. The van der Waals surface area contributed by atoms with Crippen molar-refractivity contribution < 1.29 is 9.59 Å². The number of rotatable bonds is 7. The Morgan fingerprint density at radius 2 is 1.73 bits per heavy atom. The highest BCUT2D eigenvalue weighted by molar-refractivity contribution is 5.97. The number of fused-ring (bicyclic) bond motifs is 1. The quantitative estimate of drug-likeness (QED) is 0.206. The fourth-order valence-electron chi connectivity index (χ4n) is 5.20. The Bertz CT molecular complexity index is 1550. The second-order valence-electron chi connectivity index (χ2n) is 10.4. The summed E-state index contributed by atoms with van der Waals surface area (Å²) in [5, 5.41) is 13.5. The first-order valence-corrected chi connectivity index (χ1v) is 13.6. The highest BCUT2D eigenvalue weighted by Gasteiger charge is 2.25. The van der Waals surface area contributed by atoms with Gasteiger partial charge in [0.1, 0.15) is 11.7 Å². The molecule has 1 fully saturated rings. The topological polar surface area (TPSA) is 129 Å². The molecule has 5 rings (SSSR count). The number of nitrogen functional groups attached to an aromatic ring is 1. The number of nitrogens with one attached hydrogen (secondary N) is 3. The number of amidine groups is 1. The van der Waals surface area contributed by atoms with Gasteiger partial charge in [0, 0.05) is 49.4 Å². The van der Waals surface area contributed by atoms with E-state index in [-0.39, 0.29) is 23.8 Å². The van der Waals surface area contributed by atoms with Crippen LogP contribution < -0.4 is 16.4 Å². The lowest BCUT2D eigenvalue weighted by Gasteiger charge is -2.32. The molecule has 0 aliphatic carbocycles. The number of aryl methyl sites for hydroxylation is 4. The summed E-state index contributed by atoms with van der Waals surface area (Å²) in [6.07, 6.45) is 2.98. The van der Waals surface area contributed by atoms with Gasteiger partial charge in [-0.1, -0.05) is 36.4 Å². The molecule has 0 atom stereocenters. The minimum atomic E-state index is -0.222. The lowest BCUT2D eigenvalue weighted by molar-refractivity contribution is 0.0709. The van der Waals surface area contributed by atoms with E-state index in [9.17, 15) is 9.59 Å². The van der Waals surface area contributed by atoms with E-state index in [1.165, 1.54) is 0 Å². The Kier molecular flexibility index (Phi) is 7.82. The number of amides is 3. The molecular weight excluding hydrogens is 502 g/mol. The monoisotopic (exact) mass is 537 g/mol. The van der Waals surface area contributed by atoms with Gasteiger partial charge < -0.3 is 25.8 Å². The maximum atomic E-state index is 13.3. The molecule has 0 radical (unpaired) electrons. The Balaban J connectivity index is 1.16. The third-order valence-electron chi connectivity index (χ3n) is 7.52. The summed E-state index contributed by atoms with van der Waals surface area (Å²) in [5.74, 6) is 1.00. The molecule has 40 heavy (non-hydrogen) atoms. The van der Waals surface area contributed by atoms with Crippen LogP contribution in [0.5, 0.6) is 0 Å². The predicted molar refractivity (Wildman–Crippen MR) is 158 cm³/mol. The molecule has 3 amide bonds. The number of benzene rings is 3. The van der Waals surface area contributed by atoms with Gasteiger partial charge in [0.25, 0.3) is 5.91 Å². The van der Waals surface area contributed by atoms with E-state index >= 15 is 0 Å². The molecule has 1 saturated heterocycles. The molecule has 3 aromatic carbocycles. The molecule has 0 unspecified atom stereocenters. The van der Waals surface area contributed by atoms with Gasteiger partial charge in [0.2, 0.25) is 0 Å². The van der Waals surface area contributed by atoms with Gasteiger partial charge in [0.15, 0.2) is 0 Å². The van der Waals surface area contributed by atoms with E-state index in [0.717, 1.165) is 46.5 Å². The molecule has 1 aliphatic rings. The van der Waals surface area contributed by atoms with Crippen LogP contribution in [0.3, 0.4) is 0 Å². The predicted octanol–water partition coefficient (Wildman–Crippen LogP) is 4.38. The average molecular weight is 538 g/mol. The van der Waals surface area contributed by atoms with Crippen LogP contribution in [0.25, 0.3) is 11.0 Å². The number of carbonyl (C=O) groups excluding carboxylic acids is 2. The van der Waals surface area contributed by atoms with Crippen molar-refractivity contribution in [2.24, 2.45) is 12.8 Å². The number of nitrogens with zero attached hydrogens (tertiary/aromatic N) is 3. The van der Waals surface area contributed by atoms with Crippen molar-refractivity contribution in [2.45, 2.75) is 38.6 Å². The summed E-state index contributed by atoms with van der Waals surface area (Å²) in [7, 11) is 2.00. The number of imidazole rings is 1. The summed E-state index contributed by atoms with van der Waals surface area (Å²) in [6, 6.07) is 20.9. The Morgan fingerprint density at radius 1 is 1.00 bits per heavy atom. The van der Waals surface area contributed by atoms with Crippen LogP contribution in [0, 0.1) is 12.3 Å². The highest BCUT2D eigenvalue weighted by Crippen LogP contribution is 2.21. The summed E-state index contributed by atoms with van der Waals surface area (Å²) >= 11 is 0. The molecule has 2 heterocycles. The van der Waals surface area contributed by atoms with Crippen LogP contribution >= 0.6 is 0 Å². The van der Waals surface area contributed by atoms with Crippen molar-refractivity contribution in [1.29, 1.82) is 5.41 Å². The number of urea groups is 1. The van der Waals surface area contributed by atoms with Gasteiger partial charge in [0.05, 0.1) is 11.0 Å². The van der Waals surface area contributed by atoms with Crippen LogP contribution in [0.4, 0.5) is 10.5 Å². The van der Waals surface area contributed by atoms with Gasteiger partial charge in [-0.15, -0.1) is 0 Å². The maximum absolute atomic E-state index is 13.3. The third-order valence-corrected chi connectivity index (χ3v) is 7.52. The number of hydrogen-bond acceptors (Lipinski definition) is 4. The average Bonchev–Trinajstić information content (AvgIpc) is 3.26. The second-order valence-corrected chi connectivity index (χ2v) is 10.4. The smallest absolute Gasteiger partial charge is 0.319 e. The van der Waals surface area contributed by atoms with Gasteiger partial charge >= 0.3 is 6.03 Å². The minimum Gasteiger partial charge on any atom is -0.384 e. The van der Waals surface area contributed by atoms with Crippen LogP contribution in [0.15, 0.2) is 66.7 Å². The minimum absolute atomic E-state index is 0.0117. The third kappa shape index (κ3) is 6.14. The number of piperidine rings is 1. The largest absolute Gasteiger partial charge is 0.384 e. The second kappa shape index (κ2) is 11.6. The molecular formula is C31H35N7O2. The van der Waals surface area contributed by atoms with Gasteiger partial charge in [-0.05, 0) is 67.6 Å². The molecule has 0 spiro atoms. The SMILES string of the molecule is Cc1cccc(NC(=O)NC2CCN(C(=O)c3ccc4c(c3)nc(CCc3ccc(C(=N)N)cc3)n4C)CC2)c1. The molecule has 0 bridgehead atoms. The van der Waals surface area contributed by atoms with Crippen LogP contribution in [-0.4, -0.2) is 51.4 Å². The summed E-state index contributed by atoms with van der Waals surface area (Å²) in [4.78, 5) is 32.4. The van der Waals surface area contributed by atoms with Gasteiger partial charge in [-0.25, -0.2) is 9.78 Å². The standard InChI is InChI=1S/C31H35N7O2/c1-20-4-3-5-25(18-20)35-31(40)34-24-14-16-38(17-15-24)30(39)23-11-12-27-26(19-23)36-28(37(27)2)13-8-21-6-9-22(10-7-21)29(32)33/h3-7,9-12,18-19,24H,8,13-17H2,1-2H3,(H3,32,33)(H2,34,35,40). The lowest BCUT2D eigenvalue weighted by Crippen LogP contribution is -2.47. The Morgan fingerprint density at radius 3 is 2.42 bits per heavy atom. The number of likely N-dealkylation sites (tertiary alicyclic amines) is 1. The number of anilines is 1. The van der Waals surface area contributed by atoms with Crippen molar-refractivity contribution in [3.63, 3.8) is 0 Å². The van der Waals surface area contributed by atoms with E-state index < -0.39 is 0 Å². The van der Waals surface area contributed by atoms with Crippen molar-refractivity contribution in [2.75, 3.05) is 18.4 Å². The number of nitrogens with two attached hydrogens (primary N) is 1. The summed E-state index contributed by atoms with van der Waals surface area (Å²) in [5.41, 5.74) is 11.7. The van der Waals surface area contributed by atoms with Crippen LogP contribution in [0.1, 0.15) is 45.7 Å². The summed E-state index contributed by atoms with van der Waals surface area (Å²) in [6.45, 7) is 3.16. The first kappa shape index (κ1) is 26.9. The first-order valence-electron chi connectivity index (χ1n) is 13.6. The van der Waals surface area contributed by atoms with E-state index in [1.807, 2.05) is 85.6 Å². The van der Waals surface area contributed by atoms with Crippen LogP contribution in [-0.2, 0) is 19.9 Å². The Labute approximate surface area is 233 Å². The van der Waals surface area contributed by atoms with Gasteiger partial charge in [-0.2, -0.15) is 0 Å². The molecule has 1 aromatic heterocycles. The Hall–Kier alpha value is -4.66. The highest BCUT2D eigenvalue weighted by atomic mass is 16.2.